The van der Waals surface area contributed by atoms with Crippen LogP contribution < -0.4 is 10.1 Å². The molecule has 0 aliphatic carbocycles. The van der Waals surface area contributed by atoms with Crippen LogP contribution in [-0.4, -0.2) is 38.3 Å². The number of amides is 1. The molecule has 1 unspecified atom stereocenters. The van der Waals surface area contributed by atoms with E-state index in [9.17, 15) is 13.2 Å². The van der Waals surface area contributed by atoms with Crippen molar-refractivity contribution in [3.05, 3.63) is 59.7 Å². The number of aryl methyl sites for hydroxylation is 1. The lowest BCUT2D eigenvalue weighted by Gasteiger charge is -2.31. The summed E-state index contributed by atoms with van der Waals surface area (Å²) in [7, 11) is -3.64. The van der Waals surface area contributed by atoms with Gasteiger partial charge in [-0.2, -0.15) is 4.31 Å². The first kappa shape index (κ1) is 21.3. The van der Waals surface area contributed by atoms with Gasteiger partial charge in [0.2, 0.25) is 15.9 Å². The third-order valence-electron chi connectivity index (χ3n) is 5.08. The molecule has 0 saturated carbocycles. The lowest BCUT2D eigenvalue weighted by atomic mass is 9.98. The zero-order valence-corrected chi connectivity index (χ0v) is 17.7. The molecule has 3 rings (SSSR count). The smallest absolute Gasteiger partial charge is 0.243 e. The van der Waals surface area contributed by atoms with E-state index in [0.29, 0.717) is 38.3 Å². The van der Waals surface area contributed by atoms with Gasteiger partial charge in [-0.15, -0.1) is 0 Å². The van der Waals surface area contributed by atoms with Crippen molar-refractivity contribution in [3.63, 3.8) is 0 Å². The van der Waals surface area contributed by atoms with Gasteiger partial charge in [-0.1, -0.05) is 29.8 Å². The van der Waals surface area contributed by atoms with Crippen molar-refractivity contribution in [3.8, 4) is 5.75 Å². The van der Waals surface area contributed by atoms with Gasteiger partial charge < -0.3 is 10.1 Å². The number of ether oxygens (including phenoxy) is 1. The molecule has 156 valence electrons. The molecule has 0 spiro atoms. The van der Waals surface area contributed by atoms with Crippen molar-refractivity contribution in [1.82, 2.24) is 9.62 Å². The zero-order valence-electron chi connectivity index (χ0n) is 16.9. The Morgan fingerprint density at radius 3 is 2.66 bits per heavy atom. The number of rotatable bonds is 7. The Morgan fingerprint density at radius 2 is 1.97 bits per heavy atom. The van der Waals surface area contributed by atoms with Crippen molar-refractivity contribution >= 4 is 15.9 Å². The molecule has 0 aromatic heterocycles. The van der Waals surface area contributed by atoms with Crippen LogP contribution in [0.3, 0.4) is 0 Å². The van der Waals surface area contributed by atoms with Crippen molar-refractivity contribution in [2.24, 2.45) is 5.92 Å². The van der Waals surface area contributed by atoms with Crippen LogP contribution in [0.1, 0.15) is 30.9 Å². The second-order valence-corrected chi connectivity index (χ2v) is 9.25. The van der Waals surface area contributed by atoms with E-state index in [1.807, 2.05) is 38.1 Å². The Labute approximate surface area is 172 Å². The third kappa shape index (κ3) is 5.36. The number of hydrogen-bond acceptors (Lipinski definition) is 4. The molecule has 29 heavy (non-hydrogen) atoms. The van der Waals surface area contributed by atoms with E-state index in [1.165, 1.54) is 4.31 Å². The van der Waals surface area contributed by atoms with E-state index in [2.05, 4.69) is 5.32 Å². The van der Waals surface area contributed by atoms with Crippen LogP contribution in [0.15, 0.2) is 53.4 Å². The predicted octanol–water partition coefficient (Wildman–Crippen LogP) is 3.11. The average Bonchev–Trinajstić information content (AvgIpc) is 2.73. The molecule has 0 radical (unpaired) electrons. The summed E-state index contributed by atoms with van der Waals surface area (Å²) in [6, 6.07) is 14.4. The van der Waals surface area contributed by atoms with Gasteiger partial charge >= 0.3 is 0 Å². The molecule has 2 aromatic rings. The fraction of sp³-hybridized carbons (Fsp3) is 0.409. The van der Waals surface area contributed by atoms with E-state index < -0.39 is 10.0 Å². The normalized spacial score (nSPS) is 17.7. The van der Waals surface area contributed by atoms with E-state index in [4.69, 9.17) is 4.74 Å². The van der Waals surface area contributed by atoms with E-state index in [1.54, 1.807) is 24.3 Å². The third-order valence-corrected chi connectivity index (χ3v) is 6.96. The maximum atomic E-state index is 13.0. The molecule has 1 fully saturated rings. The summed E-state index contributed by atoms with van der Waals surface area (Å²) in [6.45, 7) is 5.49. The first-order chi connectivity index (χ1) is 13.9. The van der Waals surface area contributed by atoms with Crippen molar-refractivity contribution < 1.29 is 17.9 Å². The molecule has 1 atom stereocenters. The van der Waals surface area contributed by atoms with Crippen LogP contribution in [0.2, 0.25) is 0 Å². The predicted molar refractivity (Wildman–Crippen MR) is 112 cm³/mol. The summed E-state index contributed by atoms with van der Waals surface area (Å²) in [5.41, 5.74) is 2.18. The van der Waals surface area contributed by atoms with Gasteiger partial charge in [-0.3, -0.25) is 4.79 Å². The quantitative estimate of drug-likeness (QED) is 0.753. The van der Waals surface area contributed by atoms with Crippen LogP contribution in [0.25, 0.3) is 0 Å². The highest BCUT2D eigenvalue weighted by Crippen LogP contribution is 2.25. The molecule has 1 heterocycles. The zero-order chi connectivity index (χ0) is 20.9. The molecular formula is C22H28N2O4S. The monoisotopic (exact) mass is 416 g/mol. The number of sulfonamides is 1. The molecule has 1 aliphatic heterocycles. The molecule has 0 bridgehead atoms. The van der Waals surface area contributed by atoms with E-state index in [-0.39, 0.29) is 23.3 Å². The fourth-order valence-electron chi connectivity index (χ4n) is 3.55. The van der Waals surface area contributed by atoms with Gasteiger partial charge in [0, 0.05) is 19.6 Å². The lowest BCUT2D eigenvalue weighted by Crippen LogP contribution is -2.45. The van der Waals surface area contributed by atoms with Gasteiger partial charge in [-0.05, 0) is 56.5 Å². The average molecular weight is 417 g/mol. The Hall–Kier alpha value is -2.38. The largest absolute Gasteiger partial charge is 0.494 e. The Morgan fingerprint density at radius 1 is 1.21 bits per heavy atom. The SMILES string of the molecule is CCOc1ccc(S(=O)(=O)N2CCCC(C(=O)NCc3cccc(C)c3)C2)cc1. The first-order valence-electron chi connectivity index (χ1n) is 9.96. The first-order valence-corrected chi connectivity index (χ1v) is 11.4. The number of nitrogens with one attached hydrogen (secondary N) is 1. The van der Waals surface area contributed by atoms with Crippen LogP contribution in [-0.2, 0) is 21.4 Å². The summed E-state index contributed by atoms with van der Waals surface area (Å²) in [5.74, 6) is 0.197. The molecule has 1 aliphatic rings. The number of piperidine rings is 1. The highest BCUT2D eigenvalue weighted by molar-refractivity contribution is 7.89. The van der Waals surface area contributed by atoms with Crippen LogP contribution in [0.4, 0.5) is 0 Å². The Bertz CT molecular complexity index is 942. The van der Waals surface area contributed by atoms with Crippen molar-refractivity contribution in [2.75, 3.05) is 19.7 Å². The minimum atomic E-state index is -3.64. The second kappa shape index (κ2) is 9.41. The topological polar surface area (TPSA) is 75.7 Å². The molecular weight excluding hydrogens is 388 g/mol. The maximum Gasteiger partial charge on any atom is 0.243 e. The number of carbonyl (C=O) groups is 1. The van der Waals surface area contributed by atoms with Crippen LogP contribution >= 0.6 is 0 Å². The summed E-state index contributed by atoms with van der Waals surface area (Å²) < 4.78 is 32.8. The minimum absolute atomic E-state index is 0.0990. The number of carbonyl (C=O) groups excluding carboxylic acids is 1. The van der Waals surface area contributed by atoms with Gasteiger partial charge in [0.15, 0.2) is 0 Å². The molecule has 2 aromatic carbocycles. The minimum Gasteiger partial charge on any atom is -0.494 e. The fourth-order valence-corrected chi connectivity index (χ4v) is 5.08. The molecule has 1 saturated heterocycles. The highest BCUT2D eigenvalue weighted by Gasteiger charge is 2.33. The molecule has 6 nitrogen and oxygen atoms in total. The van der Waals surface area contributed by atoms with Crippen molar-refractivity contribution in [2.45, 2.75) is 38.1 Å². The number of hydrogen-bond donors (Lipinski definition) is 1. The summed E-state index contributed by atoms with van der Waals surface area (Å²) in [5, 5.41) is 2.95. The molecule has 1 amide bonds. The van der Waals surface area contributed by atoms with Gasteiger partial charge in [0.05, 0.1) is 17.4 Å². The number of nitrogens with zero attached hydrogens (tertiary/aromatic N) is 1. The van der Waals surface area contributed by atoms with Crippen LogP contribution in [0, 0.1) is 12.8 Å². The van der Waals surface area contributed by atoms with Gasteiger partial charge in [-0.25, -0.2) is 8.42 Å². The molecule has 7 heteroatoms. The summed E-state index contributed by atoms with van der Waals surface area (Å²) in [6.07, 6.45) is 1.35. The van der Waals surface area contributed by atoms with Crippen LogP contribution in [0.5, 0.6) is 5.75 Å². The standard InChI is InChI=1S/C22H28N2O4S/c1-3-28-20-9-11-21(12-10-20)29(26,27)24-13-5-8-19(16-24)22(25)23-15-18-7-4-6-17(2)14-18/h4,6-7,9-12,14,19H,3,5,8,13,15-16H2,1-2H3,(H,23,25). The van der Waals surface area contributed by atoms with Crippen molar-refractivity contribution in [1.29, 1.82) is 0 Å². The summed E-state index contributed by atoms with van der Waals surface area (Å²) in [4.78, 5) is 12.9. The van der Waals surface area contributed by atoms with E-state index >= 15 is 0 Å². The second-order valence-electron chi connectivity index (χ2n) is 7.31. The Balaban J connectivity index is 1.63. The number of benzene rings is 2. The molecule has 1 N–H and O–H groups in total. The Kier molecular flexibility index (Phi) is 6.92. The van der Waals surface area contributed by atoms with E-state index in [0.717, 1.165) is 11.1 Å². The highest BCUT2D eigenvalue weighted by atomic mass is 32.2. The maximum absolute atomic E-state index is 13.0. The lowest BCUT2D eigenvalue weighted by molar-refractivity contribution is -0.126. The van der Waals surface area contributed by atoms with Gasteiger partial charge in [0.1, 0.15) is 5.75 Å². The van der Waals surface area contributed by atoms with Gasteiger partial charge in [0.25, 0.3) is 0 Å². The summed E-state index contributed by atoms with van der Waals surface area (Å²) >= 11 is 0.